The van der Waals surface area contributed by atoms with Gasteiger partial charge >= 0.3 is 24.4 Å². The number of hydrogen-bond acceptors (Lipinski definition) is 12. The molecule has 0 bridgehead atoms. The van der Waals surface area contributed by atoms with E-state index in [9.17, 15) is 19.2 Å². The molecular weight excluding hydrogens is 478 g/mol. The molecule has 3 atom stereocenters. The van der Waals surface area contributed by atoms with Crippen LogP contribution < -0.4 is 15.2 Å². The standard InChI is InChI=1S/C24H35NO11/c1-8-30-21(27)34-18-11-10-16(13-19(18)35-22(28)31-9-2)12-17(25)20(26)32-14(3)15(4)33-23(29)36-24(5,6)7/h10-11,13-15,17H,8-9,12,25H2,1-7H3/t14-,15-,17-/m0/s1. The van der Waals surface area contributed by atoms with Gasteiger partial charge in [0.15, 0.2) is 11.5 Å². The second kappa shape index (κ2) is 14.1. The zero-order valence-electron chi connectivity index (χ0n) is 21.7. The van der Waals surface area contributed by atoms with Crippen molar-refractivity contribution in [3.8, 4) is 11.5 Å². The Hall–Kier alpha value is -3.54. The minimum Gasteiger partial charge on any atom is -0.458 e. The predicted octanol–water partition coefficient (Wildman–Crippen LogP) is 3.90. The van der Waals surface area contributed by atoms with Crippen LogP contribution in [0.15, 0.2) is 18.2 Å². The summed E-state index contributed by atoms with van der Waals surface area (Å²) in [7, 11) is 0. The van der Waals surface area contributed by atoms with Gasteiger partial charge in [0.25, 0.3) is 0 Å². The van der Waals surface area contributed by atoms with Crippen LogP contribution in [0.4, 0.5) is 14.4 Å². The summed E-state index contributed by atoms with van der Waals surface area (Å²) in [6.45, 7) is 11.5. The lowest BCUT2D eigenvalue weighted by molar-refractivity contribution is -0.156. The topological polar surface area (TPSA) is 159 Å². The minimum atomic E-state index is -1.10. The summed E-state index contributed by atoms with van der Waals surface area (Å²) in [6, 6.07) is 3.15. The monoisotopic (exact) mass is 513 g/mol. The van der Waals surface area contributed by atoms with Crippen LogP contribution in [0.3, 0.4) is 0 Å². The van der Waals surface area contributed by atoms with Crippen molar-refractivity contribution in [1.82, 2.24) is 0 Å². The molecule has 0 saturated carbocycles. The molecule has 0 spiro atoms. The van der Waals surface area contributed by atoms with Gasteiger partial charge in [-0.3, -0.25) is 4.79 Å². The summed E-state index contributed by atoms with van der Waals surface area (Å²) in [5.74, 6) is -0.975. The fraction of sp³-hybridized carbons (Fsp3) is 0.583. The van der Waals surface area contributed by atoms with Gasteiger partial charge in [0.2, 0.25) is 0 Å². The van der Waals surface area contributed by atoms with Crippen LogP contribution >= 0.6 is 0 Å². The average Bonchev–Trinajstić information content (AvgIpc) is 2.74. The van der Waals surface area contributed by atoms with Crippen LogP contribution in [0.5, 0.6) is 11.5 Å². The number of carbonyl (C=O) groups is 4. The first-order valence-corrected chi connectivity index (χ1v) is 11.4. The number of nitrogens with two attached hydrogens (primary N) is 1. The van der Waals surface area contributed by atoms with Gasteiger partial charge in [0.05, 0.1) is 13.2 Å². The molecule has 12 heteroatoms. The first-order chi connectivity index (χ1) is 16.7. The third-order valence-corrected chi connectivity index (χ3v) is 4.31. The summed E-state index contributed by atoms with van der Waals surface area (Å²) >= 11 is 0. The SMILES string of the molecule is CCOC(=O)Oc1ccc(C[C@H](N)C(=O)O[C@@H](C)[C@H](C)OC(=O)OC(C)(C)C)cc1OC(=O)OCC. The second-order valence-electron chi connectivity index (χ2n) is 8.59. The van der Waals surface area contributed by atoms with Gasteiger partial charge in [0.1, 0.15) is 23.9 Å². The van der Waals surface area contributed by atoms with E-state index in [0.29, 0.717) is 5.56 Å². The van der Waals surface area contributed by atoms with Crippen molar-refractivity contribution in [1.29, 1.82) is 0 Å². The smallest absolute Gasteiger partial charge is 0.458 e. The van der Waals surface area contributed by atoms with Crippen molar-refractivity contribution < 1.29 is 52.3 Å². The quantitative estimate of drug-likeness (QED) is 0.273. The van der Waals surface area contributed by atoms with Crippen LogP contribution in [-0.4, -0.2) is 61.5 Å². The molecule has 1 aromatic rings. The molecule has 1 rings (SSSR count). The van der Waals surface area contributed by atoms with E-state index in [-0.39, 0.29) is 31.1 Å². The van der Waals surface area contributed by atoms with Gasteiger partial charge in [-0.25, -0.2) is 14.4 Å². The van der Waals surface area contributed by atoms with Gasteiger partial charge in [-0.15, -0.1) is 0 Å². The zero-order chi connectivity index (χ0) is 27.5. The average molecular weight is 514 g/mol. The first-order valence-electron chi connectivity index (χ1n) is 11.4. The Morgan fingerprint density at radius 1 is 0.833 bits per heavy atom. The molecule has 0 unspecified atom stereocenters. The molecule has 36 heavy (non-hydrogen) atoms. The number of benzene rings is 1. The molecule has 0 aliphatic carbocycles. The molecule has 0 saturated heterocycles. The van der Waals surface area contributed by atoms with E-state index < -0.39 is 48.3 Å². The van der Waals surface area contributed by atoms with E-state index in [4.69, 9.17) is 38.9 Å². The Balaban J connectivity index is 2.85. The van der Waals surface area contributed by atoms with Gasteiger partial charge < -0.3 is 38.9 Å². The number of rotatable bonds is 10. The lowest BCUT2D eigenvalue weighted by atomic mass is 10.1. The molecule has 12 nitrogen and oxygen atoms in total. The van der Waals surface area contributed by atoms with E-state index in [2.05, 4.69) is 0 Å². The molecule has 0 heterocycles. The Morgan fingerprint density at radius 3 is 1.89 bits per heavy atom. The summed E-state index contributed by atoms with van der Waals surface area (Å²) in [4.78, 5) is 47.8. The lowest BCUT2D eigenvalue weighted by Gasteiger charge is -2.24. The highest BCUT2D eigenvalue weighted by Crippen LogP contribution is 2.30. The highest BCUT2D eigenvalue weighted by atomic mass is 16.8. The van der Waals surface area contributed by atoms with Crippen LogP contribution in [0.1, 0.15) is 54.0 Å². The Bertz CT molecular complexity index is 910. The highest BCUT2D eigenvalue weighted by molar-refractivity contribution is 5.76. The van der Waals surface area contributed by atoms with Crippen LogP contribution in [0.2, 0.25) is 0 Å². The maximum Gasteiger partial charge on any atom is 0.513 e. The fourth-order valence-corrected chi connectivity index (χ4v) is 2.54. The first kappa shape index (κ1) is 30.5. The number of hydrogen-bond donors (Lipinski definition) is 1. The molecule has 202 valence electrons. The van der Waals surface area contributed by atoms with Crippen molar-refractivity contribution in [2.24, 2.45) is 5.73 Å². The van der Waals surface area contributed by atoms with Crippen LogP contribution in [0.25, 0.3) is 0 Å². The summed E-state index contributed by atoms with van der Waals surface area (Å²) in [5.41, 5.74) is 5.74. The maximum atomic E-state index is 12.5. The normalized spacial score (nSPS) is 13.4. The second-order valence-corrected chi connectivity index (χ2v) is 8.59. The Morgan fingerprint density at radius 2 is 1.36 bits per heavy atom. The van der Waals surface area contributed by atoms with Crippen molar-refractivity contribution >= 4 is 24.4 Å². The summed E-state index contributed by atoms with van der Waals surface area (Å²) in [5, 5.41) is 0. The van der Waals surface area contributed by atoms with Crippen molar-refractivity contribution in [2.75, 3.05) is 13.2 Å². The molecular formula is C24H35NO11. The van der Waals surface area contributed by atoms with Crippen molar-refractivity contribution in [3.05, 3.63) is 23.8 Å². The highest BCUT2D eigenvalue weighted by Gasteiger charge is 2.27. The van der Waals surface area contributed by atoms with E-state index in [1.807, 2.05) is 0 Å². The predicted molar refractivity (Wildman–Crippen MR) is 126 cm³/mol. The van der Waals surface area contributed by atoms with E-state index in [0.717, 1.165) is 0 Å². The molecule has 0 radical (unpaired) electrons. The van der Waals surface area contributed by atoms with Gasteiger partial charge in [0, 0.05) is 0 Å². The number of esters is 1. The largest absolute Gasteiger partial charge is 0.513 e. The molecule has 0 aliphatic heterocycles. The molecule has 0 amide bonds. The minimum absolute atomic E-state index is 0.00821. The molecule has 0 aromatic heterocycles. The Kier molecular flexibility index (Phi) is 12.0. The number of ether oxygens (including phenoxy) is 7. The molecule has 1 aromatic carbocycles. The fourth-order valence-electron chi connectivity index (χ4n) is 2.54. The van der Waals surface area contributed by atoms with Gasteiger partial charge in [-0.1, -0.05) is 6.07 Å². The lowest BCUT2D eigenvalue weighted by Crippen LogP contribution is -2.40. The van der Waals surface area contributed by atoms with Crippen LogP contribution in [-0.2, 0) is 34.9 Å². The molecule has 2 N–H and O–H groups in total. The van der Waals surface area contributed by atoms with Gasteiger partial charge in [-0.05, 0) is 72.6 Å². The summed E-state index contributed by atoms with van der Waals surface area (Å²) in [6.07, 6.45) is -4.50. The van der Waals surface area contributed by atoms with E-state index in [1.54, 1.807) is 48.5 Å². The van der Waals surface area contributed by atoms with E-state index >= 15 is 0 Å². The third-order valence-electron chi connectivity index (χ3n) is 4.31. The number of carbonyl (C=O) groups excluding carboxylic acids is 4. The maximum absolute atomic E-state index is 12.5. The van der Waals surface area contributed by atoms with Crippen molar-refractivity contribution in [3.63, 3.8) is 0 Å². The Labute approximate surface area is 210 Å². The summed E-state index contributed by atoms with van der Waals surface area (Å²) < 4.78 is 35.2. The third kappa shape index (κ3) is 11.3. The van der Waals surface area contributed by atoms with Crippen molar-refractivity contribution in [2.45, 2.75) is 78.7 Å². The van der Waals surface area contributed by atoms with Gasteiger partial charge in [-0.2, -0.15) is 0 Å². The zero-order valence-corrected chi connectivity index (χ0v) is 21.7. The van der Waals surface area contributed by atoms with E-state index in [1.165, 1.54) is 18.2 Å². The van der Waals surface area contributed by atoms with Crippen LogP contribution in [0, 0.1) is 0 Å². The molecule has 0 aliphatic rings. The molecule has 0 fully saturated rings.